The topological polar surface area (TPSA) is 37.1 Å². The fraction of sp³-hybridized carbons (Fsp3) is 0.286. The highest BCUT2D eigenvalue weighted by atomic mass is 14.8. The second-order valence-corrected chi connectivity index (χ2v) is 1.74. The van der Waals surface area contributed by atoms with Gasteiger partial charge in [-0.1, -0.05) is 0 Å². The van der Waals surface area contributed by atoms with E-state index in [0.717, 1.165) is 0 Å². The molecule has 1 rings (SSSR count). The van der Waals surface area contributed by atoms with Crippen LogP contribution in [0.2, 0.25) is 0 Å². The van der Waals surface area contributed by atoms with Crippen molar-refractivity contribution < 1.29 is 0 Å². The molecular weight excluding hydrogens is 126 g/mol. The van der Waals surface area contributed by atoms with Crippen LogP contribution in [0, 0.1) is 0 Å². The van der Waals surface area contributed by atoms with Gasteiger partial charge >= 0.3 is 0 Å². The van der Waals surface area contributed by atoms with Crippen LogP contribution in [0.15, 0.2) is 27.3 Å². The Balaban J connectivity index is 2.50. The predicted molar refractivity (Wildman–Crippen MR) is 44.4 cm³/mol. The van der Waals surface area contributed by atoms with Crippen LogP contribution >= 0.6 is 0 Å². The van der Waals surface area contributed by atoms with Crippen molar-refractivity contribution in [2.24, 2.45) is 15.0 Å². The zero-order valence-corrected chi connectivity index (χ0v) is 5.64. The highest BCUT2D eigenvalue weighted by molar-refractivity contribution is 6.16. The summed E-state index contributed by atoms with van der Waals surface area (Å²) in [5, 5.41) is 0. The minimum absolute atomic E-state index is 0.635. The van der Waals surface area contributed by atoms with Crippen LogP contribution in [0.25, 0.3) is 0 Å². The standard InChI is InChI=1S/C7H9N3/c1-2-8-4-6-10-7-5-9-3-1/h1-2,4-5,7H,3,6H2. The number of hydrogen-bond acceptors (Lipinski definition) is 3. The molecule has 3 heteroatoms. The lowest BCUT2D eigenvalue weighted by molar-refractivity contribution is 1.24. The number of hydrogen-bond donors (Lipinski definition) is 0. The van der Waals surface area contributed by atoms with E-state index in [0.29, 0.717) is 13.1 Å². The van der Waals surface area contributed by atoms with Crippen molar-refractivity contribution in [2.45, 2.75) is 0 Å². The van der Waals surface area contributed by atoms with Gasteiger partial charge in [-0.2, -0.15) is 0 Å². The molecule has 0 aromatic heterocycles. The summed E-state index contributed by atoms with van der Waals surface area (Å²) in [5.74, 6) is 0. The highest BCUT2D eigenvalue weighted by Gasteiger charge is 1.73. The largest absolute Gasteiger partial charge is 0.287 e. The number of nitrogens with zero attached hydrogens (tertiary/aromatic N) is 3. The first-order valence-electron chi connectivity index (χ1n) is 3.15. The Kier molecular flexibility index (Phi) is 3.17. The smallest absolute Gasteiger partial charge is 0.0742 e. The van der Waals surface area contributed by atoms with Crippen molar-refractivity contribution in [3.8, 4) is 0 Å². The molecule has 0 unspecified atom stereocenters. The van der Waals surface area contributed by atoms with E-state index in [9.17, 15) is 0 Å². The van der Waals surface area contributed by atoms with Gasteiger partial charge < -0.3 is 0 Å². The van der Waals surface area contributed by atoms with Crippen LogP contribution < -0.4 is 0 Å². The van der Waals surface area contributed by atoms with Crippen molar-refractivity contribution in [1.29, 1.82) is 0 Å². The van der Waals surface area contributed by atoms with Gasteiger partial charge in [0.2, 0.25) is 0 Å². The minimum Gasteiger partial charge on any atom is -0.287 e. The maximum absolute atomic E-state index is 4.00. The third-order valence-electron chi connectivity index (χ3n) is 0.972. The minimum atomic E-state index is 0.635. The van der Waals surface area contributed by atoms with E-state index in [1.165, 1.54) is 0 Å². The molecule has 0 amide bonds. The Bertz CT molecular complexity index is 147. The Labute approximate surface area is 59.9 Å². The second kappa shape index (κ2) is 4.61. The fourth-order valence-corrected chi connectivity index (χ4v) is 0.540. The Morgan fingerprint density at radius 2 is 1.80 bits per heavy atom. The van der Waals surface area contributed by atoms with Crippen LogP contribution in [0.3, 0.4) is 0 Å². The highest BCUT2D eigenvalue weighted by Crippen LogP contribution is 1.77. The molecule has 3 nitrogen and oxygen atoms in total. The molecule has 0 fully saturated rings. The maximum Gasteiger partial charge on any atom is 0.0742 e. The normalized spacial score (nSPS) is 17.6. The number of aliphatic imine (C=N–C) groups is 3. The third kappa shape index (κ3) is 2.91. The third-order valence-corrected chi connectivity index (χ3v) is 0.972. The SMILES string of the molecule is C1=CN=CCN=CC=NC1. The molecule has 0 saturated carbocycles. The molecule has 1 aliphatic rings. The van der Waals surface area contributed by atoms with E-state index in [2.05, 4.69) is 15.0 Å². The summed E-state index contributed by atoms with van der Waals surface area (Å²) >= 11 is 0. The van der Waals surface area contributed by atoms with Crippen LogP contribution in [0.1, 0.15) is 0 Å². The molecule has 1 heterocycles. The lowest BCUT2D eigenvalue weighted by Crippen LogP contribution is -1.86. The van der Waals surface area contributed by atoms with Crippen LogP contribution in [0.4, 0.5) is 0 Å². The molecule has 0 atom stereocenters. The first-order chi connectivity index (χ1) is 5.00. The zero-order valence-electron chi connectivity index (χ0n) is 5.64. The zero-order chi connectivity index (χ0) is 7.07. The van der Waals surface area contributed by atoms with Gasteiger partial charge in [0, 0.05) is 24.8 Å². The van der Waals surface area contributed by atoms with Crippen LogP contribution in [-0.2, 0) is 0 Å². The fourth-order valence-electron chi connectivity index (χ4n) is 0.540. The lowest BCUT2D eigenvalue weighted by atomic mass is 10.6. The van der Waals surface area contributed by atoms with Gasteiger partial charge in [-0.15, -0.1) is 0 Å². The van der Waals surface area contributed by atoms with Crippen LogP contribution in [-0.4, -0.2) is 31.7 Å². The summed E-state index contributed by atoms with van der Waals surface area (Å²) in [6.45, 7) is 1.32. The summed E-state index contributed by atoms with van der Waals surface area (Å²) < 4.78 is 0. The molecule has 0 aromatic carbocycles. The first kappa shape index (κ1) is 6.86. The molecule has 0 aliphatic carbocycles. The Morgan fingerprint density at radius 1 is 1.00 bits per heavy atom. The van der Waals surface area contributed by atoms with Gasteiger partial charge in [0.15, 0.2) is 0 Å². The lowest BCUT2D eigenvalue weighted by Gasteiger charge is -1.84. The van der Waals surface area contributed by atoms with E-state index in [1.807, 2.05) is 6.08 Å². The Hall–Kier alpha value is -1.25. The van der Waals surface area contributed by atoms with Gasteiger partial charge in [0.1, 0.15) is 0 Å². The summed E-state index contributed by atoms with van der Waals surface area (Å²) in [7, 11) is 0. The van der Waals surface area contributed by atoms with Crippen molar-refractivity contribution in [3.63, 3.8) is 0 Å². The number of rotatable bonds is 0. The van der Waals surface area contributed by atoms with E-state index >= 15 is 0 Å². The average molecular weight is 135 g/mol. The van der Waals surface area contributed by atoms with Crippen molar-refractivity contribution in [3.05, 3.63) is 12.3 Å². The second-order valence-electron chi connectivity index (χ2n) is 1.74. The van der Waals surface area contributed by atoms with Gasteiger partial charge in [0.05, 0.1) is 13.1 Å². The molecule has 0 spiro atoms. The summed E-state index contributed by atoms with van der Waals surface area (Å²) in [5.41, 5.74) is 0. The van der Waals surface area contributed by atoms with E-state index in [4.69, 9.17) is 0 Å². The first-order valence-corrected chi connectivity index (χ1v) is 3.15. The van der Waals surface area contributed by atoms with E-state index in [1.54, 1.807) is 24.8 Å². The van der Waals surface area contributed by atoms with Gasteiger partial charge in [-0.25, -0.2) is 0 Å². The molecule has 0 bridgehead atoms. The molecule has 1 aliphatic heterocycles. The van der Waals surface area contributed by atoms with Gasteiger partial charge in [0.25, 0.3) is 0 Å². The van der Waals surface area contributed by atoms with Crippen molar-refractivity contribution in [2.75, 3.05) is 13.1 Å². The Morgan fingerprint density at radius 3 is 2.70 bits per heavy atom. The van der Waals surface area contributed by atoms with Gasteiger partial charge in [-0.05, 0) is 6.08 Å². The molecule has 0 radical (unpaired) electrons. The van der Waals surface area contributed by atoms with E-state index in [-0.39, 0.29) is 0 Å². The summed E-state index contributed by atoms with van der Waals surface area (Å²) in [6, 6.07) is 0. The quantitative estimate of drug-likeness (QED) is 0.469. The molecule has 52 valence electrons. The van der Waals surface area contributed by atoms with Gasteiger partial charge in [-0.3, -0.25) is 15.0 Å². The monoisotopic (exact) mass is 135 g/mol. The molecule has 0 aromatic rings. The van der Waals surface area contributed by atoms with E-state index < -0.39 is 0 Å². The molecule has 0 saturated heterocycles. The van der Waals surface area contributed by atoms with Crippen LogP contribution in [0.5, 0.6) is 0 Å². The molecule has 10 heavy (non-hydrogen) atoms. The summed E-state index contributed by atoms with van der Waals surface area (Å²) in [4.78, 5) is 11.9. The average Bonchev–Trinajstić information content (AvgIpc) is 2.01. The maximum atomic E-state index is 4.00. The molecular formula is C7H9N3. The van der Waals surface area contributed by atoms with Crippen molar-refractivity contribution >= 4 is 18.6 Å². The van der Waals surface area contributed by atoms with Crippen molar-refractivity contribution in [1.82, 2.24) is 0 Å². The molecule has 0 N–H and O–H groups in total. The summed E-state index contributed by atoms with van der Waals surface area (Å²) in [6.07, 6.45) is 8.77. The predicted octanol–water partition coefficient (Wildman–Crippen LogP) is 0.726.